The lowest BCUT2D eigenvalue weighted by Crippen LogP contribution is -2.35. The van der Waals surface area contributed by atoms with E-state index in [1.54, 1.807) is 24.3 Å². The molecule has 5 rings (SSSR count). The van der Waals surface area contributed by atoms with Crippen LogP contribution < -0.4 is 5.32 Å². The van der Waals surface area contributed by atoms with Crippen LogP contribution in [-0.4, -0.2) is 28.4 Å². The van der Waals surface area contributed by atoms with E-state index < -0.39 is 0 Å². The van der Waals surface area contributed by atoms with Crippen molar-refractivity contribution >= 4 is 28.8 Å². The summed E-state index contributed by atoms with van der Waals surface area (Å²) in [5.74, 6) is 0.101. The average molecular weight is 458 g/mol. The molecule has 0 fully saturated rings. The van der Waals surface area contributed by atoms with E-state index in [9.17, 15) is 9.59 Å². The molecule has 0 saturated carbocycles. The van der Waals surface area contributed by atoms with Crippen molar-refractivity contribution in [3.05, 3.63) is 92.9 Å². The fourth-order valence-corrected chi connectivity index (χ4v) is 5.10. The molecular formula is C26H23N3O3S. The summed E-state index contributed by atoms with van der Waals surface area (Å²) in [6, 6.07) is 17.0. The van der Waals surface area contributed by atoms with Crippen LogP contribution in [0, 0.1) is 13.8 Å². The zero-order valence-electron chi connectivity index (χ0n) is 18.4. The number of aryl methyl sites for hydroxylation is 1. The number of hydrogen-bond acceptors (Lipinski definition) is 5. The fraction of sp³-hybridized carbons (Fsp3) is 0.192. The zero-order chi connectivity index (χ0) is 22.9. The molecule has 0 aliphatic carbocycles. The van der Waals surface area contributed by atoms with Crippen molar-refractivity contribution in [1.82, 2.24) is 10.1 Å². The standard InChI is InChI=1S/C26H23N3O3S/c1-16-20(26(31)29-13-11-22-19(15-29)12-14-33-22)9-6-10-21(16)27-25(30)23-17(2)32-28-24(23)18-7-4-3-5-8-18/h3-10,12,14H,11,13,15H2,1-2H3,(H,27,30). The molecule has 33 heavy (non-hydrogen) atoms. The van der Waals surface area contributed by atoms with Gasteiger partial charge in [0.1, 0.15) is 17.0 Å². The highest BCUT2D eigenvalue weighted by molar-refractivity contribution is 7.10. The van der Waals surface area contributed by atoms with Crippen molar-refractivity contribution in [3.63, 3.8) is 0 Å². The number of benzene rings is 2. The van der Waals surface area contributed by atoms with Crippen LogP contribution in [0.4, 0.5) is 5.69 Å². The number of hydrogen-bond donors (Lipinski definition) is 1. The molecule has 0 bridgehead atoms. The average Bonchev–Trinajstić information content (AvgIpc) is 3.46. The first-order valence-corrected chi connectivity index (χ1v) is 11.7. The first-order chi connectivity index (χ1) is 16.0. The molecule has 2 aromatic heterocycles. The summed E-state index contributed by atoms with van der Waals surface area (Å²) >= 11 is 1.75. The van der Waals surface area contributed by atoms with Crippen LogP contribution in [0.5, 0.6) is 0 Å². The van der Waals surface area contributed by atoms with Crippen LogP contribution in [-0.2, 0) is 13.0 Å². The molecule has 6 nitrogen and oxygen atoms in total. The molecule has 2 amide bonds. The van der Waals surface area contributed by atoms with Crippen LogP contribution in [0.15, 0.2) is 64.5 Å². The summed E-state index contributed by atoms with van der Waals surface area (Å²) in [6.07, 6.45) is 0.878. The largest absolute Gasteiger partial charge is 0.360 e. The summed E-state index contributed by atoms with van der Waals surface area (Å²) in [4.78, 5) is 29.8. The maximum atomic E-state index is 13.3. The number of carbonyl (C=O) groups excluding carboxylic acids is 2. The smallest absolute Gasteiger partial charge is 0.261 e. The molecular weight excluding hydrogens is 434 g/mol. The number of anilines is 1. The second-order valence-corrected chi connectivity index (χ2v) is 9.11. The van der Waals surface area contributed by atoms with Gasteiger partial charge in [0.15, 0.2) is 0 Å². The van der Waals surface area contributed by atoms with Gasteiger partial charge in [0.05, 0.1) is 0 Å². The van der Waals surface area contributed by atoms with Crippen molar-refractivity contribution < 1.29 is 14.1 Å². The predicted molar refractivity (Wildman–Crippen MR) is 129 cm³/mol. The SMILES string of the molecule is Cc1onc(-c2ccccc2)c1C(=O)Nc1cccc(C(=O)N2CCc3sccc3C2)c1C. The van der Waals surface area contributed by atoms with Crippen LogP contribution in [0.25, 0.3) is 11.3 Å². The first kappa shape index (κ1) is 21.2. The maximum absolute atomic E-state index is 13.3. The number of nitrogens with one attached hydrogen (secondary N) is 1. The Kier molecular flexibility index (Phi) is 5.56. The van der Waals surface area contributed by atoms with E-state index in [1.807, 2.05) is 54.3 Å². The topological polar surface area (TPSA) is 75.4 Å². The van der Waals surface area contributed by atoms with Crippen molar-refractivity contribution in [2.45, 2.75) is 26.8 Å². The van der Waals surface area contributed by atoms with Crippen molar-refractivity contribution in [2.75, 3.05) is 11.9 Å². The molecule has 1 aliphatic heterocycles. The fourth-order valence-electron chi connectivity index (χ4n) is 4.21. The van der Waals surface area contributed by atoms with Gasteiger partial charge in [-0.1, -0.05) is 41.6 Å². The van der Waals surface area contributed by atoms with Gasteiger partial charge in [-0.05, 0) is 55.0 Å². The van der Waals surface area contributed by atoms with Gasteiger partial charge in [-0.15, -0.1) is 11.3 Å². The molecule has 1 aliphatic rings. The number of rotatable bonds is 4. The van der Waals surface area contributed by atoms with E-state index in [0.717, 1.165) is 17.5 Å². The highest BCUT2D eigenvalue weighted by Crippen LogP contribution is 2.29. The Labute approximate surface area is 195 Å². The zero-order valence-corrected chi connectivity index (χ0v) is 19.2. The minimum atomic E-state index is -0.318. The Balaban J connectivity index is 1.40. The molecule has 0 radical (unpaired) electrons. The molecule has 7 heteroatoms. The number of aromatic nitrogens is 1. The molecule has 0 atom stereocenters. The highest BCUT2D eigenvalue weighted by Gasteiger charge is 2.26. The van der Waals surface area contributed by atoms with E-state index in [0.29, 0.717) is 41.4 Å². The minimum absolute atomic E-state index is 0.0217. The first-order valence-electron chi connectivity index (χ1n) is 10.8. The van der Waals surface area contributed by atoms with Crippen molar-refractivity contribution in [3.8, 4) is 11.3 Å². The molecule has 2 aromatic carbocycles. The van der Waals surface area contributed by atoms with Gasteiger partial charge < -0.3 is 14.7 Å². The third-order valence-electron chi connectivity index (χ3n) is 6.04. The van der Waals surface area contributed by atoms with E-state index in [1.165, 1.54) is 10.4 Å². The van der Waals surface area contributed by atoms with Gasteiger partial charge in [0.2, 0.25) is 0 Å². The summed E-state index contributed by atoms with van der Waals surface area (Å²) < 4.78 is 5.33. The third-order valence-corrected chi connectivity index (χ3v) is 7.07. The van der Waals surface area contributed by atoms with E-state index in [-0.39, 0.29) is 11.8 Å². The summed E-state index contributed by atoms with van der Waals surface area (Å²) in [5.41, 5.74) is 4.84. The summed E-state index contributed by atoms with van der Waals surface area (Å²) in [7, 11) is 0. The lowest BCUT2D eigenvalue weighted by molar-refractivity contribution is 0.0735. The van der Waals surface area contributed by atoms with Gasteiger partial charge in [-0.2, -0.15) is 0 Å². The van der Waals surface area contributed by atoms with Gasteiger partial charge in [0, 0.05) is 34.8 Å². The quantitative estimate of drug-likeness (QED) is 0.441. The number of fused-ring (bicyclic) bond motifs is 1. The van der Waals surface area contributed by atoms with E-state index in [2.05, 4.69) is 21.9 Å². The highest BCUT2D eigenvalue weighted by atomic mass is 32.1. The normalized spacial score (nSPS) is 13.0. The molecule has 3 heterocycles. The monoisotopic (exact) mass is 457 g/mol. The Morgan fingerprint density at radius 1 is 1.06 bits per heavy atom. The molecule has 0 unspecified atom stereocenters. The van der Waals surface area contributed by atoms with Gasteiger partial charge in [-0.25, -0.2) is 0 Å². The number of carbonyl (C=O) groups is 2. The predicted octanol–water partition coefficient (Wildman–Crippen LogP) is 5.47. The Bertz CT molecular complexity index is 1340. The lowest BCUT2D eigenvalue weighted by Gasteiger charge is -2.28. The van der Waals surface area contributed by atoms with Gasteiger partial charge in [-0.3, -0.25) is 9.59 Å². The maximum Gasteiger partial charge on any atom is 0.261 e. The van der Waals surface area contributed by atoms with Crippen LogP contribution in [0.2, 0.25) is 0 Å². The van der Waals surface area contributed by atoms with Crippen molar-refractivity contribution in [2.24, 2.45) is 0 Å². The second-order valence-electron chi connectivity index (χ2n) is 8.11. The van der Waals surface area contributed by atoms with Crippen LogP contribution >= 0.6 is 11.3 Å². The molecule has 0 saturated heterocycles. The second kappa shape index (κ2) is 8.67. The Morgan fingerprint density at radius 2 is 1.88 bits per heavy atom. The third kappa shape index (κ3) is 3.96. The molecule has 166 valence electrons. The number of amides is 2. The Morgan fingerprint density at radius 3 is 2.70 bits per heavy atom. The van der Waals surface area contributed by atoms with Crippen molar-refractivity contribution in [1.29, 1.82) is 0 Å². The summed E-state index contributed by atoms with van der Waals surface area (Å²) in [6.45, 7) is 4.90. The van der Waals surface area contributed by atoms with E-state index >= 15 is 0 Å². The summed E-state index contributed by atoms with van der Waals surface area (Å²) in [5, 5.41) is 9.14. The van der Waals surface area contributed by atoms with Gasteiger partial charge >= 0.3 is 0 Å². The number of nitrogens with zero attached hydrogens (tertiary/aromatic N) is 2. The van der Waals surface area contributed by atoms with E-state index in [4.69, 9.17) is 4.52 Å². The minimum Gasteiger partial charge on any atom is -0.360 e. The molecule has 1 N–H and O–H groups in total. The molecule has 0 spiro atoms. The van der Waals surface area contributed by atoms with Crippen LogP contribution in [0.1, 0.15) is 42.5 Å². The molecule has 4 aromatic rings. The lowest BCUT2D eigenvalue weighted by atomic mass is 10.0. The number of thiophene rings is 1. The van der Waals surface area contributed by atoms with Gasteiger partial charge in [0.25, 0.3) is 11.8 Å². The Hall–Kier alpha value is -3.71. The van der Waals surface area contributed by atoms with Crippen LogP contribution in [0.3, 0.4) is 0 Å².